The molecular weight excluding hydrogens is 158 g/mol. The van der Waals surface area contributed by atoms with Gasteiger partial charge in [-0.3, -0.25) is 0 Å². The summed E-state index contributed by atoms with van der Waals surface area (Å²) in [4.78, 5) is 2.07. The summed E-state index contributed by atoms with van der Waals surface area (Å²) in [6.07, 6.45) is 11.8. The lowest BCUT2D eigenvalue weighted by atomic mass is 10.2. The zero-order chi connectivity index (χ0) is 10.1. The molecule has 0 aliphatic rings. The fraction of sp³-hybridized carbons (Fsp3) is 0.500. The lowest BCUT2D eigenvalue weighted by Gasteiger charge is -2.06. The zero-order valence-corrected chi connectivity index (χ0v) is 9.09. The number of hydrogen-bond donors (Lipinski definition) is 0. The first-order chi connectivity index (χ1) is 6.16. The molecule has 0 spiro atoms. The van der Waals surface area contributed by atoms with Gasteiger partial charge in [-0.2, -0.15) is 0 Å². The number of unbranched alkanes of at least 4 members (excludes halogenated alkanes) is 1. The molecule has 0 N–H and O–H groups in total. The molecule has 1 nitrogen and oxygen atoms in total. The molecule has 74 valence electrons. The van der Waals surface area contributed by atoms with Gasteiger partial charge < -0.3 is 4.90 Å². The van der Waals surface area contributed by atoms with E-state index in [9.17, 15) is 0 Å². The Morgan fingerprint density at radius 2 is 1.92 bits per heavy atom. The third-order valence-corrected chi connectivity index (χ3v) is 1.60. The van der Waals surface area contributed by atoms with Crippen LogP contribution in [0.4, 0.5) is 0 Å². The highest BCUT2D eigenvalue weighted by Gasteiger charge is 1.82. The molecule has 0 fully saturated rings. The maximum absolute atomic E-state index is 3.84. The predicted octanol–water partition coefficient (Wildman–Crippen LogP) is 3.71. The van der Waals surface area contributed by atoms with Crippen molar-refractivity contribution in [1.29, 1.82) is 0 Å². The molecule has 0 heterocycles. The van der Waals surface area contributed by atoms with Gasteiger partial charge in [0.2, 0.25) is 0 Å². The SMILES string of the molecule is C=C(C)C/C=C/N(C)/C=C\CCC. The number of hydrogen-bond acceptors (Lipinski definition) is 1. The molecule has 0 aliphatic heterocycles. The summed E-state index contributed by atoms with van der Waals surface area (Å²) in [5.74, 6) is 0. The Balaban J connectivity index is 3.66. The van der Waals surface area contributed by atoms with Gasteiger partial charge in [-0.1, -0.05) is 37.6 Å². The van der Waals surface area contributed by atoms with E-state index in [2.05, 4.69) is 43.0 Å². The van der Waals surface area contributed by atoms with Crippen LogP contribution in [0.1, 0.15) is 33.1 Å². The minimum Gasteiger partial charge on any atom is -0.358 e. The topological polar surface area (TPSA) is 3.24 Å². The van der Waals surface area contributed by atoms with Crippen LogP contribution in [-0.2, 0) is 0 Å². The van der Waals surface area contributed by atoms with Crippen LogP contribution in [0, 0.1) is 0 Å². The number of allylic oxidation sites excluding steroid dienone is 3. The van der Waals surface area contributed by atoms with Gasteiger partial charge in [-0.15, -0.1) is 0 Å². The fourth-order valence-electron chi connectivity index (χ4n) is 0.877. The molecule has 0 atom stereocenters. The molecule has 0 aromatic rings. The van der Waals surface area contributed by atoms with Gasteiger partial charge in [0.15, 0.2) is 0 Å². The molecule has 0 aliphatic carbocycles. The molecule has 0 rings (SSSR count). The van der Waals surface area contributed by atoms with Crippen molar-refractivity contribution in [2.75, 3.05) is 7.05 Å². The van der Waals surface area contributed by atoms with Crippen LogP contribution >= 0.6 is 0 Å². The molecule has 0 aromatic heterocycles. The lowest BCUT2D eigenvalue weighted by molar-refractivity contribution is 0.619. The molecule has 0 amide bonds. The molecule has 0 bridgehead atoms. The van der Waals surface area contributed by atoms with Crippen molar-refractivity contribution < 1.29 is 0 Å². The van der Waals surface area contributed by atoms with Gasteiger partial charge in [-0.05, 0) is 32.2 Å². The van der Waals surface area contributed by atoms with E-state index in [1.54, 1.807) is 0 Å². The van der Waals surface area contributed by atoms with Gasteiger partial charge in [0, 0.05) is 7.05 Å². The summed E-state index contributed by atoms with van der Waals surface area (Å²) >= 11 is 0. The second kappa shape index (κ2) is 7.66. The van der Waals surface area contributed by atoms with Gasteiger partial charge in [0.05, 0.1) is 0 Å². The van der Waals surface area contributed by atoms with E-state index in [1.165, 1.54) is 12.0 Å². The standard InChI is InChI=1S/C12H21N/c1-5-6-7-10-13(4)11-8-9-12(2)3/h7-8,10-11H,2,5-6,9H2,1,3-4H3/b10-7-,11-8+. The summed E-state index contributed by atoms with van der Waals surface area (Å²) in [6.45, 7) is 8.06. The normalized spacial score (nSPS) is 11.3. The predicted molar refractivity (Wildman–Crippen MR) is 60.4 cm³/mol. The largest absolute Gasteiger partial charge is 0.358 e. The molecule has 13 heavy (non-hydrogen) atoms. The highest BCUT2D eigenvalue weighted by molar-refractivity contribution is 4.99. The average Bonchev–Trinajstić information content (AvgIpc) is 2.04. The van der Waals surface area contributed by atoms with E-state index >= 15 is 0 Å². The first-order valence-electron chi connectivity index (χ1n) is 4.86. The smallest absolute Gasteiger partial charge is 0.0106 e. The second-order valence-electron chi connectivity index (χ2n) is 3.38. The summed E-state index contributed by atoms with van der Waals surface area (Å²) in [5.41, 5.74) is 1.20. The molecule has 1 heteroatoms. The molecule has 0 saturated heterocycles. The third-order valence-electron chi connectivity index (χ3n) is 1.60. The maximum atomic E-state index is 3.84. The van der Waals surface area contributed by atoms with Crippen molar-refractivity contribution in [3.05, 3.63) is 36.7 Å². The van der Waals surface area contributed by atoms with E-state index in [-0.39, 0.29) is 0 Å². The van der Waals surface area contributed by atoms with Crippen molar-refractivity contribution in [3.8, 4) is 0 Å². The van der Waals surface area contributed by atoms with Crippen molar-refractivity contribution in [2.45, 2.75) is 33.1 Å². The van der Waals surface area contributed by atoms with Crippen LogP contribution in [0.2, 0.25) is 0 Å². The molecule has 0 unspecified atom stereocenters. The molecule has 0 radical (unpaired) electrons. The molecular formula is C12H21N. The minimum absolute atomic E-state index is 0.964. The Morgan fingerprint density at radius 3 is 2.46 bits per heavy atom. The monoisotopic (exact) mass is 179 g/mol. The first kappa shape index (κ1) is 12.0. The minimum atomic E-state index is 0.964. The number of nitrogens with zero attached hydrogens (tertiary/aromatic N) is 1. The first-order valence-corrected chi connectivity index (χ1v) is 4.86. The van der Waals surface area contributed by atoms with E-state index in [0.717, 1.165) is 12.8 Å². The van der Waals surface area contributed by atoms with Crippen molar-refractivity contribution in [3.63, 3.8) is 0 Å². The van der Waals surface area contributed by atoms with Gasteiger partial charge in [0.1, 0.15) is 0 Å². The van der Waals surface area contributed by atoms with Crippen molar-refractivity contribution >= 4 is 0 Å². The summed E-state index contributed by atoms with van der Waals surface area (Å²) in [7, 11) is 2.04. The lowest BCUT2D eigenvalue weighted by Crippen LogP contribution is -1.99. The zero-order valence-electron chi connectivity index (χ0n) is 9.09. The van der Waals surface area contributed by atoms with E-state index in [1.807, 2.05) is 14.0 Å². The Morgan fingerprint density at radius 1 is 1.31 bits per heavy atom. The number of rotatable bonds is 6. The quantitative estimate of drug-likeness (QED) is 0.562. The van der Waals surface area contributed by atoms with Crippen LogP contribution in [0.3, 0.4) is 0 Å². The van der Waals surface area contributed by atoms with Gasteiger partial charge >= 0.3 is 0 Å². The average molecular weight is 179 g/mol. The highest BCUT2D eigenvalue weighted by Crippen LogP contribution is 1.98. The Kier molecular flexibility index (Phi) is 7.08. The van der Waals surface area contributed by atoms with E-state index < -0.39 is 0 Å². The van der Waals surface area contributed by atoms with Crippen LogP contribution in [0.5, 0.6) is 0 Å². The Hall–Kier alpha value is -0.980. The summed E-state index contributed by atoms with van der Waals surface area (Å²) in [5, 5.41) is 0. The van der Waals surface area contributed by atoms with Crippen LogP contribution < -0.4 is 0 Å². The highest BCUT2D eigenvalue weighted by atomic mass is 15.0. The fourth-order valence-corrected chi connectivity index (χ4v) is 0.877. The summed E-state index contributed by atoms with van der Waals surface area (Å²) < 4.78 is 0. The van der Waals surface area contributed by atoms with Crippen molar-refractivity contribution in [1.82, 2.24) is 4.90 Å². The van der Waals surface area contributed by atoms with E-state index in [4.69, 9.17) is 0 Å². The summed E-state index contributed by atoms with van der Waals surface area (Å²) in [6, 6.07) is 0. The third kappa shape index (κ3) is 8.93. The van der Waals surface area contributed by atoms with E-state index in [0.29, 0.717) is 0 Å². The molecule has 0 aromatic carbocycles. The second-order valence-corrected chi connectivity index (χ2v) is 3.38. The van der Waals surface area contributed by atoms with Crippen molar-refractivity contribution in [2.24, 2.45) is 0 Å². The Bertz CT molecular complexity index is 189. The Labute approximate surface area is 82.4 Å². The molecule has 0 saturated carbocycles. The van der Waals surface area contributed by atoms with Crippen LogP contribution in [0.25, 0.3) is 0 Å². The van der Waals surface area contributed by atoms with Gasteiger partial charge in [-0.25, -0.2) is 0 Å². The van der Waals surface area contributed by atoms with Gasteiger partial charge in [0.25, 0.3) is 0 Å². The van der Waals surface area contributed by atoms with Crippen LogP contribution in [0.15, 0.2) is 36.7 Å². The van der Waals surface area contributed by atoms with Crippen LogP contribution in [-0.4, -0.2) is 11.9 Å². The maximum Gasteiger partial charge on any atom is 0.0106 e.